The lowest BCUT2D eigenvalue weighted by atomic mass is 10.1. The maximum Gasteiger partial charge on any atom is 0.163 e. The van der Waals surface area contributed by atoms with Crippen LogP contribution in [0.3, 0.4) is 0 Å². The largest absolute Gasteiger partial charge is 0.394 e. The first-order valence-electron chi connectivity index (χ1n) is 6.04. The van der Waals surface area contributed by atoms with Crippen molar-refractivity contribution < 1.29 is 13.9 Å². The highest BCUT2D eigenvalue weighted by Crippen LogP contribution is 2.15. The van der Waals surface area contributed by atoms with Gasteiger partial charge in [0.1, 0.15) is 0 Å². The molecule has 0 fully saturated rings. The minimum atomic E-state index is -0.862. The fraction of sp³-hybridized carbons (Fsp3) is 0.200. The molecule has 0 heterocycles. The summed E-state index contributed by atoms with van der Waals surface area (Å²) in [7, 11) is 0. The molecule has 2 rings (SSSR count). The minimum Gasteiger partial charge on any atom is -0.394 e. The molecule has 2 aromatic carbocycles. The average molecular weight is 263 g/mol. The minimum absolute atomic E-state index is 0.110. The zero-order valence-electron chi connectivity index (χ0n) is 10.3. The fourth-order valence-corrected chi connectivity index (χ4v) is 1.89. The van der Waals surface area contributed by atoms with Crippen molar-refractivity contribution in [2.75, 3.05) is 6.61 Å². The monoisotopic (exact) mass is 263 g/mol. The number of aliphatic hydroxyl groups excluding tert-OH is 1. The Morgan fingerprint density at radius 2 is 1.74 bits per heavy atom. The standard InChI is InChI=1S/C15H15F2NO/c16-13-8-4-7-12(15(13)17)9-18-14(10-19)11-5-2-1-3-6-11/h1-8,14,18-19H,9-10H2/t14-/m0/s1. The van der Waals surface area contributed by atoms with Crippen molar-refractivity contribution in [3.63, 3.8) is 0 Å². The van der Waals surface area contributed by atoms with Crippen LogP contribution >= 0.6 is 0 Å². The SMILES string of the molecule is OC[C@H](NCc1cccc(F)c1F)c1ccccc1. The molecule has 0 radical (unpaired) electrons. The van der Waals surface area contributed by atoms with Gasteiger partial charge < -0.3 is 10.4 Å². The smallest absolute Gasteiger partial charge is 0.163 e. The van der Waals surface area contributed by atoms with E-state index >= 15 is 0 Å². The molecule has 2 aromatic rings. The van der Waals surface area contributed by atoms with Gasteiger partial charge in [0.15, 0.2) is 11.6 Å². The highest BCUT2D eigenvalue weighted by Gasteiger charge is 2.12. The van der Waals surface area contributed by atoms with E-state index in [2.05, 4.69) is 5.32 Å². The molecule has 0 aromatic heterocycles. The topological polar surface area (TPSA) is 32.3 Å². The maximum absolute atomic E-state index is 13.5. The Hall–Kier alpha value is -1.78. The molecule has 19 heavy (non-hydrogen) atoms. The normalized spacial score (nSPS) is 12.4. The van der Waals surface area contributed by atoms with Gasteiger partial charge >= 0.3 is 0 Å². The van der Waals surface area contributed by atoms with Gasteiger partial charge in [0.05, 0.1) is 12.6 Å². The lowest BCUT2D eigenvalue weighted by Crippen LogP contribution is -2.24. The van der Waals surface area contributed by atoms with Crippen molar-refractivity contribution in [2.24, 2.45) is 0 Å². The third-order valence-electron chi connectivity index (χ3n) is 2.95. The molecule has 0 aliphatic heterocycles. The number of nitrogens with one attached hydrogen (secondary N) is 1. The van der Waals surface area contributed by atoms with E-state index in [-0.39, 0.29) is 24.8 Å². The third kappa shape index (κ3) is 3.36. The predicted molar refractivity (Wildman–Crippen MR) is 69.5 cm³/mol. The van der Waals surface area contributed by atoms with Crippen molar-refractivity contribution in [3.05, 3.63) is 71.3 Å². The van der Waals surface area contributed by atoms with E-state index in [0.29, 0.717) is 0 Å². The molecular formula is C15H15F2NO. The Kier molecular flexibility index (Phi) is 4.60. The fourth-order valence-electron chi connectivity index (χ4n) is 1.89. The molecule has 0 saturated heterocycles. The van der Waals surface area contributed by atoms with E-state index in [0.717, 1.165) is 11.6 Å². The van der Waals surface area contributed by atoms with Crippen LogP contribution in [0, 0.1) is 11.6 Å². The van der Waals surface area contributed by atoms with Crippen molar-refractivity contribution in [1.29, 1.82) is 0 Å². The molecule has 0 saturated carbocycles. The second kappa shape index (κ2) is 6.41. The highest BCUT2D eigenvalue weighted by atomic mass is 19.2. The van der Waals surface area contributed by atoms with Crippen molar-refractivity contribution >= 4 is 0 Å². The first-order valence-corrected chi connectivity index (χ1v) is 6.04. The van der Waals surface area contributed by atoms with E-state index in [1.807, 2.05) is 30.3 Å². The summed E-state index contributed by atoms with van der Waals surface area (Å²) in [5.41, 5.74) is 1.15. The van der Waals surface area contributed by atoms with Crippen LogP contribution in [0.5, 0.6) is 0 Å². The Bertz CT molecular complexity index is 531. The summed E-state index contributed by atoms with van der Waals surface area (Å²) in [6.07, 6.45) is 0. The van der Waals surface area contributed by atoms with Gasteiger partial charge in [-0.2, -0.15) is 0 Å². The number of hydrogen-bond acceptors (Lipinski definition) is 2. The summed E-state index contributed by atoms with van der Waals surface area (Å²) < 4.78 is 26.5. The zero-order chi connectivity index (χ0) is 13.7. The third-order valence-corrected chi connectivity index (χ3v) is 2.95. The van der Waals surface area contributed by atoms with Gasteiger partial charge in [-0.05, 0) is 11.6 Å². The van der Waals surface area contributed by atoms with E-state index in [1.54, 1.807) is 0 Å². The first kappa shape index (κ1) is 13.6. The molecule has 0 bridgehead atoms. The second-order valence-corrected chi connectivity index (χ2v) is 4.24. The van der Waals surface area contributed by atoms with Crippen molar-refractivity contribution in [1.82, 2.24) is 5.32 Å². The lowest BCUT2D eigenvalue weighted by Gasteiger charge is -2.17. The van der Waals surface area contributed by atoms with Gasteiger partial charge in [-0.3, -0.25) is 0 Å². The summed E-state index contributed by atoms with van der Waals surface area (Å²) in [6.45, 7) is 0.0463. The Morgan fingerprint density at radius 3 is 2.42 bits per heavy atom. The molecule has 1 atom stereocenters. The number of rotatable bonds is 5. The van der Waals surface area contributed by atoms with Crippen molar-refractivity contribution in [3.8, 4) is 0 Å². The lowest BCUT2D eigenvalue weighted by molar-refractivity contribution is 0.243. The highest BCUT2D eigenvalue weighted by molar-refractivity contribution is 5.21. The van der Waals surface area contributed by atoms with Gasteiger partial charge in [0.25, 0.3) is 0 Å². The predicted octanol–water partition coefficient (Wildman–Crippen LogP) is 2.79. The van der Waals surface area contributed by atoms with Gasteiger partial charge in [0, 0.05) is 12.1 Å². The number of benzene rings is 2. The van der Waals surface area contributed by atoms with Crippen LogP contribution < -0.4 is 5.32 Å². The first-order chi connectivity index (χ1) is 9.22. The Morgan fingerprint density at radius 1 is 1.00 bits per heavy atom. The average Bonchev–Trinajstić information content (AvgIpc) is 2.45. The molecule has 0 aliphatic carbocycles. The van der Waals surface area contributed by atoms with Gasteiger partial charge in [-0.15, -0.1) is 0 Å². The van der Waals surface area contributed by atoms with E-state index in [9.17, 15) is 13.9 Å². The van der Waals surface area contributed by atoms with Crippen LogP contribution in [0.2, 0.25) is 0 Å². The summed E-state index contributed by atoms with van der Waals surface area (Å²) in [5, 5.41) is 12.4. The van der Waals surface area contributed by atoms with Gasteiger partial charge in [-0.1, -0.05) is 42.5 Å². The van der Waals surface area contributed by atoms with Gasteiger partial charge in [-0.25, -0.2) is 8.78 Å². The quantitative estimate of drug-likeness (QED) is 0.869. The molecule has 4 heteroatoms. The van der Waals surface area contributed by atoms with Crippen LogP contribution in [-0.4, -0.2) is 11.7 Å². The summed E-state index contributed by atoms with van der Waals surface area (Å²) in [4.78, 5) is 0. The second-order valence-electron chi connectivity index (χ2n) is 4.24. The molecular weight excluding hydrogens is 248 g/mol. The van der Waals surface area contributed by atoms with E-state index < -0.39 is 11.6 Å². The maximum atomic E-state index is 13.5. The molecule has 2 nitrogen and oxygen atoms in total. The molecule has 0 aliphatic rings. The molecule has 100 valence electrons. The summed E-state index contributed by atoms with van der Waals surface area (Å²) in [6, 6.07) is 13.1. The molecule has 0 spiro atoms. The number of aliphatic hydroxyl groups is 1. The Balaban J connectivity index is 2.06. The number of hydrogen-bond donors (Lipinski definition) is 2. The molecule has 0 unspecified atom stereocenters. The van der Waals surface area contributed by atoms with Crippen molar-refractivity contribution in [2.45, 2.75) is 12.6 Å². The van der Waals surface area contributed by atoms with Crippen LogP contribution in [0.25, 0.3) is 0 Å². The Labute approximate surface area is 110 Å². The van der Waals surface area contributed by atoms with Crippen LogP contribution in [0.1, 0.15) is 17.2 Å². The van der Waals surface area contributed by atoms with Crippen LogP contribution in [0.15, 0.2) is 48.5 Å². The van der Waals surface area contributed by atoms with Crippen LogP contribution in [0.4, 0.5) is 8.78 Å². The number of halogens is 2. The van der Waals surface area contributed by atoms with E-state index in [4.69, 9.17) is 0 Å². The summed E-state index contributed by atoms with van der Waals surface area (Å²) >= 11 is 0. The molecule has 2 N–H and O–H groups in total. The molecule has 0 amide bonds. The van der Waals surface area contributed by atoms with Crippen LogP contribution in [-0.2, 0) is 6.54 Å². The zero-order valence-corrected chi connectivity index (χ0v) is 10.3. The van der Waals surface area contributed by atoms with E-state index in [1.165, 1.54) is 12.1 Å². The summed E-state index contributed by atoms with van der Waals surface area (Å²) in [5.74, 6) is -1.71. The van der Waals surface area contributed by atoms with Gasteiger partial charge in [0.2, 0.25) is 0 Å².